The number of hydrogen-bond donors (Lipinski definition) is 2. The van der Waals surface area contributed by atoms with E-state index in [1.165, 1.54) is 0 Å². The fourth-order valence-corrected chi connectivity index (χ4v) is 4.56. The number of amides is 1. The second-order valence-corrected chi connectivity index (χ2v) is 13.7. The molecular weight excluding hydrogens is 516 g/mol. The lowest BCUT2D eigenvalue weighted by Gasteiger charge is -2.60. The van der Waals surface area contributed by atoms with E-state index in [0.717, 1.165) is 22.5 Å². The molecule has 1 heterocycles. The van der Waals surface area contributed by atoms with E-state index in [-0.39, 0.29) is 13.2 Å². The molecule has 198 valence electrons. The number of alkyl halides is 2. The molecule has 38 heavy (non-hydrogen) atoms. The summed E-state index contributed by atoms with van der Waals surface area (Å²) in [5.41, 5.74) is 8.84. The van der Waals surface area contributed by atoms with Gasteiger partial charge in [-0.15, -0.1) is 23.2 Å². The quantitative estimate of drug-likeness (QED) is 0.154. The fraction of sp³-hybridized carbons (Fsp3) is 0.550. The van der Waals surface area contributed by atoms with Gasteiger partial charge in [0, 0.05) is 19.2 Å². The van der Waals surface area contributed by atoms with E-state index in [4.69, 9.17) is 38.7 Å². The summed E-state index contributed by atoms with van der Waals surface area (Å²) in [4.78, 5) is 31.0. The number of imidazole rings is 1. The SMILES string of the molecule is BC(B)(Cl)C(B)(B)N(c1ccc2c(c1)nc(CCC(N)C(=O)NCC(=O)OCC)n2C)C(B)(B)C(B)(B)Cl. The summed E-state index contributed by atoms with van der Waals surface area (Å²) in [6, 6.07) is 5.43. The van der Waals surface area contributed by atoms with Crippen molar-refractivity contribution in [1.29, 1.82) is 0 Å². The topological polar surface area (TPSA) is 102 Å². The Morgan fingerprint density at radius 1 is 1.11 bits per heavy atom. The molecule has 0 bridgehead atoms. The Morgan fingerprint density at radius 2 is 1.66 bits per heavy atom. The van der Waals surface area contributed by atoms with Crippen molar-refractivity contribution in [1.82, 2.24) is 14.9 Å². The molecule has 18 heteroatoms. The molecule has 0 aliphatic rings. The number of aromatic nitrogens is 2. The second kappa shape index (κ2) is 11.9. The van der Waals surface area contributed by atoms with Crippen molar-refractivity contribution >= 4 is 115 Å². The molecule has 1 amide bonds. The maximum Gasteiger partial charge on any atom is 0.325 e. The van der Waals surface area contributed by atoms with Gasteiger partial charge in [-0.3, -0.25) is 9.59 Å². The van der Waals surface area contributed by atoms with E-state index in [1.807, 2.05) is 43.0 Å². The van der Waals surface area contributed by atoms with Crippen LogP contribution >= 0.6 is 23.2 Å². The zero-order chi connectivity index (χ0) is 29.3. The van der Waals surface area contributed by atoms with E-state index in [9.17, 15) is 9.59 Å². The van der Waals surface area contributed by atoms with Gasteiger partial charge in [-0.25, -0.2) is 4.98 Å². The summed E-state index contributed by atoms with van der Waals surface area (Å²) >= 11 is 13.9. The number of nitrogens with zero attached hydrogens (tertiary/aromatic N) is 3. The Balaban J connectivity index is 2.36. The van der Waals surface area contributed by atoms with Gasteiger partial charge in [-0.2, -0.15) is 0 Å². The van der Waals surface area contributed by atoms with Crippen LogP contribution in [0.25, 0.3) is 11.0 Å². The molecule has 1 aromatic heterocycles. The Labute approximate surface area is 243 Å². The molecule has 1 atom stereocenters. The van der Waals surface area contributed by atoms with Gasteiger partial charge in [0.1, 0.15) is 75.1 Å². The van der Waals surface area contributed by atoms with Crippen molar-refractivity contribution in [3.8, 4) is 0 Å². The second-order valence-electron chi connectivity index (χ2n) is 11.8. The van der Waals surface area contributed by atoms with Crippen LogP contribution in [0, 0.1) is 0 Å². The first-order chi connectivity index (χ1) is 17.3. The van der Waals surface area contributed by atoms with Crippen LogP contribution in [0.1, 0.15) is 19.2 Å². The molecule has 0 aliphatic heterocycles. The van der Waals surface area contributed by atoms with E-state index in [1.54, 1.807) is 6.92 Å². The van der Waals surface area contributed by atoms with Gasteiger partial charge in [-0.05, 0) is 51.6 Å². The van der Waals surface area contributed by atoms with Crippen LogP contribution in [0.4, 0.5) is 5.69 Å². The number of fused-ring (bicyclic) bond motifs is 1. The first-order valence-corrected chi connectivity index (χ1v) is 13.8. The number of nitrogens with one attached hydrogen (secondary N) is 1. The minimum atomic E-state index is -0.770. The third-order valence-electron chi connectivity index (χ3n) is 7.97. The van der Waals surface area contributed by atoms with Crippen molar-refractivity contribution < 1.29 is 14.3 Å². The number of benzene rings is 1. The minimum absolute atomic E-state index is 0.198. The van der Waals surface area contributed by atoms with Crippen LogP contribution in [0.15, 0.2) is 18.2 Å². The number of aryl methyl sites for hydroxylation is 2. The molecule has 1 unspecified atom stereocenters. The van der Waals surface area contributed by atoms with Crippen molar-refractivity contribution in [3.63, 3.8) is 0 Å². The molecule has 0 radical (unpaired) electrons. The maximum atomic E-state index is 12.3. The highest BCUT2D eigenvalue weighted by atomic mass is 35.5. The number of nitrogens with two attached hydrogens (primary N) is 1. The van der Waals surface area contributed by atoms with Crippen LogP contribution in [0.2, 0.25) is 0 Å². The van der Waals surface area contributed by atoms with Crippen molar-refractivity contribution in [2.75, 3.05) is 18.1 Å². The molecule has 1 aromatic carbocycles. The molecule has 0 aliphatic carbocycles. The number of rotatable bonds is 12. The normalized spacial score (nSPS) is 13.7. The number of esters is 1. The van der Waals surface area contributed by atoms with Gasteiger partial charge >= 0.3 is 5.97 Å². The number of halogens is 2. The lowest BCUT2D eigenvalue weighted by Crippen LogP contribution is -2.76. The van der Waals surface area contributed by atoms with Crippen LogP contribution in [0.5, 0.6) is 0 Å². The molecule has 2 aromatic rings. The predicted octanol–water partition coefficient (Wildman–Crippen LogP) is -6.52. The summed E-state index contributed by atoms with van der Waals surface area (Å²) in [7, 11) is 18.5. The highest BCUT2D eigenvalue weighted by Crippen LogP contribution is 2.39. The van der Waals surface area contributed by atoms with Crippen molar-refractivity contribution in [2.24, 2.45) is 12.8 Å². The van der Waals surface area contributed by atoms with Gasteiger partial charge < -0.3 is 25.3 Å². The summed E-state index contributed by atoms with van der Waals surface area (Å²) in [5, 5.41) is 1.58. The molecule has 3 N–H and O–H groups in total. The van der Waals surface area contributed by atoms with Crippen molar-refractivity contribution in [3.05, 3.63) is 24.0 Å². The Morgan fingerprint density at radius 3 is 2.16 bits per heavy atom. The molecule has 8 nitrogen and oxygen atoms in total. The summed E-state index contributed by atoms with van der Waals surface area (Å²) in [6.07, 6.45) is 0.879. The smallest absolute Gasteiger partial charge is 0.325 e. The molecule has 0 fully saturated rings. The molecule has 2 rings (SSSR count). The maximum absolute atomic E-state index is 12.3. The number of carbonyl (C=O) groups is 2. The number of anilines is 1. The first-order valence-electron chi connectivity index (χ1n) is 13.1. The average molecular weight is 553 g/mol. The summed E-state index contributed by atoms with van der Waals surface area (Å²) in [6.45, 7) is 1.77. The predicted molar refractivity (Wildman–Crippen MR) is 180 cm³/mol. The number of carbonyl (C=O) groups excluding carboxylic acids is 2. The molecule has 0 saturated carbocycles. The van der Waals surface area contributed by atoms with Gasteiger partial charge in [0.25, 0.3) is 0 Å². The summed E-state index contributed by atoms with van der Waals surface area (Å²) in [5.74, 6) is -0.0764. The number of ether oxygens (including phenoxy) is 1. The lowest BCUT2D eigenvalue weighted by atomic mass is 9.36. The van der Waals surface area contributed by atoms with E-state index in [0.29, 0.717) is 12.8 Å². The fourth-order valence-electron chi connectivity index (χ4n) is 4.39. The molecule has 0 spiro atoms. The highest BCUT2D eigenvalue weighted by Gasteiger charge is 2.50. The lowest BCUT2D eigenvalue weighted by molar-refractivity contribution is -0.143. The average Bonchev–Trinajstić information content (AvgIpc) is 3.09. The van der Waals surface area contributed by atoms with Crippen LogP contribution < -0.4 is 16.0 Å². The Hall–Kier alpha value is -1.51. The first kappa shape index (κ1) is 32.7. The summed E-state index contributed by atoms with van der Waals surface area (Å²) < 4.78 is 5.71. The minimum Gasteiger partial charge on any atom is -0.465 e. The molecular formula is C20H37B8Cl2N5O3. The van der Waals surface area contributed by atoms with Crippen LogP contribution in [-0.4, -0.2) is 123 Å². The largest absolute Gasteiger partial charge is 0.465 e. The van der Waals surface area contributed by atoms with Gasteiger partial charge in [0.2, 0.25) is 5.91 Å². The van der Waals surface area contributed by atoms with Gasteiger partial charge in [0.15, 0.2) is 0 Å². The van der Waals surface area contributed by atoms with Crippen LogP contribution in [0.3, 0.4) is 0 Å². The Kier molecular flexibility index (Phi) is 10.3. The monoisotopic (exact) mass is 553 g/mol. The molecule has 0 saturated heterocycles. The third-order valence-corrected chi connectivity index (χ3v) is 8.90. The van der Waals surface area contributed by atoms with E-state index in [2.05, 4.69) is 59.8 Å². The third kappa shape index (κ3) is 6.97. The van der Waals surface area contributed by atoms with Gasteiger partial charge in [0.05, 0.1) is 23.7 Å². The van der Waals surface area contributed by atoms with Crippen LogP contribution in [-0.2, 0) is 27.8 Å². The van der Waals surface area contributed by atoms with Crippen molar-refractivity contribution in [2.45, 2.75) is 45.8 Å². The highest BCUT2D eigenvalue weighted by molar-refractivity contribution is 6.73. The van der Waals surface area contributed by atoms with Gasteiger partial charge in [-0.1, -0.05) is 0 Å². The standard InChI is InChI=1S/C20H37B8Cl2N5O3/c1-3-38-15(36)9-32-16(37)11(31)5-7-14-33-12-8-10(4-6-13(12)34(14)2)35(19(25,26)17(21,22)29)20(27,28)18(23,24)30/h4,6,8,11H,3,5,7,9,21-28,31H2,1-2H3,(H,32,37). The zero-order valence-corrected chi connectivity index (χ0v) is 26.0. The number of hydrogen-bond acceptors (Lipinski definition) is 6. The Bertz CT molecular complexity index is 1140. The zero-order valence-electron chi connectivity index (χ0n) is 24.5. The van der Waals surface area contributed by atoms with E-state index >= 15 is 0 Å². The van der Waals surface area contributed by atoms with E-state index < -0.39 is 37.9 Å².